The Bertz CT molecular complexity index is 3530. The molecular formula is C58H38N4. The zero-order chi connectivity index (χ0) is 41.0. The lowest BCUT2D eigenvalue weighted by atomic mass is 9.94. The van der Waals surface area contributed by atoms with Crippen molar-refractivity contribution in [3.8, 4) is 67.5 Å². The topological polar surface area (TPSA) is 35.6 Å². The van der Waals surface area contributed by atoms with E-state index in [2.05, 4.69) is 215 Å². The summed E-state index contributed by atoms with van der Waals surface area (Å²) < 4.78 is 4.80. The van der Waals surface area contributed by atoms with E-state index in [9.17, 15) is 0 Å². The molecule has 0 atom stereocenters. The second-order valence-corrected chi connectivity index (χ2v) is 15.8. The smallest absolute Gasteiger partial charge is 0.160 e. The van der Waals surface area contributed by atoms with Gasteiger partial charge in [-0.2, -0.15) is 0 Å². The van der Waals surface area contributed by atoms with Crippen molar-refractivity contribution in [1.29, 1.82) is 0 Å². The predicted molar refractivity (Wildman–Crippen MR) is 258 cm³/mol. The highest BCUT2D eigenvalue weighted by molar-refractivity contribution is 6.16. The molecule has 0 aliphatic rings. The molecule has 0 fully saturated rings. The molecule has 0 aliphatic heterocycles. The third-order valence-electron chi connectivity index (χ3n) is 12.1. The summed E-state index contributed by atoms with van der Waals surface area (Å²) in [5, 5.41) is 4.90. The Morgan fingerprint density at radius 1 is 0.274 bits per heavy atom. The van der Waals surface area contributed by atoms with Crippen LogP contribution in [0.4, 0.5) is 0 Å². The van der Waals surface area contributed by atoms with Gasteiger partial charge in [0.25, 0.3) is 0 Å². The molecule has 4 nitrogen and oxygen atoms in total. The van der Waals surface area contributed by atoms with Crippen LogP contribution in [0.2, 0.25) is 0 Å². The molecule has 12 aromatic rings. The molecule has 3 aromatic heterocycles. The number of rotatable bonds is 7. The lowest BCUT2D eigenvalue weighted by Crippen LogP contribution is -1.97. The first-order valence-corrected chi connectivity index (χ1v) is 21.1. The van der Waals surface area contributed by atoms with E-state index >= 15 is 0 Å². The molecule has 3 heterocycles. The van der Waals surface area contributed by atoms with Gasteiger partial charge in [0.1, 0.15) is 0 Å². The van der Waals surface area contributed by atoms with Gasteiger partial charge < -0.3 is 9.13 Å². The first-order chi connectivity index (χ1) is 30.7. The van der Waals surface area contributed by atoms with E-state index in [1.807, 2.05) is 24.3 Å². The fourth-order valence-corrected chi connectivity index (χ4v) is 9.23. The quantitative estimate of drug-likeness (QED) is 0.161. The number of hydrogen-bond acceptors (Lipinski definition) is 2. The molecule has 9 aromatic carbocycles. The Balaban J connectivity index is 1.07. The summed E-state index contributed by atoms with van der Waals surface area (Å²) in [6.45, 7) is 0. The van der Waals surface area contributed by atoms with Crippen molar-refractivity contribution in [2.24, 2.45) is 0 Å². The Labute approximate surface area is 359 Å². The molecule has 4 heteroatoms. The summed E-state index contributed by atoms with van der Waals surface area (Å²) in [5.41, 5.74) is 16.5. The van der Waals surface area contributed by atoms with Gasteiger partial charge in [-0.15, -0.1) is 0 Å². The van der Waals surface area contributed by atoms with Crippen LogP contribution in [-0.2, 0) is 0 Å². The van der Waals surface area contributed by atoms with Crippen molar-refractivity contribution in [3.05, 3.63) is 231 Å². The van der Waals surface area contributed by atoms with Crippen LogP contribution in [0.5, 0.6) is 0 Å². The molecule has 0 bridgehead atoms. The van der Waals surface area contributed by atoms with Crippen LogP contribution in [0, 0.1) is 0 Å². The minimum Gasteiger partial charge on any atom is -0.309 e. The predicted octanol–water partition coefficient (Wildman–Crippen LogP) is 15.0. The SMILES string of the molecule is c1ccc(-c2cc(-c3ccc(-c4cc(-c5ccc6c(c5)c5ccccc5n6-c5ccccc5)cc5c6ccccc6n(-c6ccccc6)c45)cc3)nc(-c3ccccc3)n2)cc1. The molecule has 0 unspecified atom stereocenters. The van der Waals surface area contributed by atoms with Crippen molar-refractivity contribution in [1.82, 2.24) is 19.1 Å². The minimum absolute atomic E-state index is 0.705. The van der Waals surface area contributed by atoms with E-state index in [1.165, 1.54) is 54.7 Å². The summed E-state index contributed by atoms with van der Waals surface area (Å²) in [6, 6.07) is 82.3. The fourth-order valence-electron chi connectivity index (χ4n) is 9.23. The van der Waals surface area contributed by atoms with E-state index in [-0.39, 0.29) is 0 Å². The average molecular weight is 791 g/mol. The van der Waals surface area contributed by atoms with E-state index in [0.717, 1.165) is 50.6 Å². The zero-order valence-electron chi connectivity index (χ0n) is 33.7. The molecular weight excluding hydrogens is 753 g/mol. The Hall–Kier alpha value is -8.34. The molecule has 0 saturated heterocycles. The molecule has 0 spiro atoms. The van der Waals surface area contributed by atoms with Gasteiger partial charge in [-0.3, -0.25) is 0 Å². The average Bonchev–Trinajstić information content (AvgIpc) is 3.87. The van der Waals surface area contributed by atoms with E-state index in [1.54, 1.807) is 0 Å². The van der Waals surface area contributed by atoms with Crippen molar-refractivity contribution in [3.63, 3.8) is 0 Å². The largest absolute Gasteiger partial charge is 0.309 e. The second-order valence-electron chi connectivity index (χ2n) is 15.8. The lowest BCUT2D eigenvalue weighted by molar-refractivity contribution is 1.18. The van der Waals surface area contributed by atoms with Gasteiger partial charge in [-0.1, -0.05) is 164 Å². The van der Waals surface area contributed by atoms with Gasteiger partial charge in [-0.05, 0) is 83.4 Å². The number of aromatic nitrogens is 4. The summed E-state index contributed by atoms with van der Waals surface area (Å²) in [5.74, 6) is 0.705. The molecule has 12 rings (SSSR count). The molecule has 290 valence electrons. The summed E-state index contributed by atoms with van der Waals surface area (Å²) in [4.78, 5) is 10.2. The number of nitrogens with zero attached hydrogens (tertiary/aromatic N) is 4. The van der Waals surface area contributed by atoms with Crippen LogP contribution < -0.4 is 0 Å². The van der Waals surface area contributed by atoms with Crippen molar-refractivity contribution < 1.29 is 0 Å². The summed E-state index contributed by atoms with van der Waals surface area (Å²) in [7, 11) is 0. The van der Waals surface area contributed by atoms with Crippen LogP contribution in [-0.4, -0.2) is 19.1 Å². The van der Waals surface area contributed by atoms with Crippen LogP contribution in [0.15, 0.2) is 231 Å². The Morgan fingerprint density at radius 2 is 0.726 bits per heavy atom. The maximum atomic E-state index is 5.14. The first kappa shape index (κ1) is 35.6. The summed E-state index contributed by atoms with van der Waals surface area (Å²) >= 11 is 0. The van der Waals surface area contributed by atoms with E-state index in [4.69, 9.17) is 9.97 Å². The Kier molecular flexibility index (Phi) is 8.46. The maximum absolute atomic E-state index is 5.14. The maximum Gasteiger partial charge on any atom is 0.160 e. The fraction of sp³-hybridized carbons (Fsp3) is 0. The second kappa shape index (κ2) is 14.7. The molecule has 0 aliphatic carbocycles. The van der Waals surface area contributed by atoms with Gasteiger partial charge in [0.15, 0.2) is 5.82 Å². The molecule has 0 saturated carbocycles. The highest BCUT2D eigenvalue weighted by atomic mass is 15.0. The third-order valence-corrected chi connectivity index (χ3v) is 12.1. The highest BCUT2D eigenvalue weighted by Crippen LogP contribution is 2.43. The van der Waals surface area contributed by atoms with Gasteiger partial charge in [0.2, 0.25) is 0 Å². The van der Waals surface area contributed by atoms with Gasteiger partial charge >= 0.3 is 0 Å². The highest BCUT2D eigenvalue weighted by Gasteiger charge is 2.20. The Morgan fingerprint density at radius 3 is 1.37 bits per heavy atom. The van der Waals surface area contributed by atoms with Crippen LogP contribution >= 0.6 is 0 Å². The van der Waals surface area contributed by atoms with Crippen molar-refractivity contribution in [2.45, 2.75) is 0 Å². The minimum atomic E-state index is 0.705. The zero-order valence-corrected chi connectivity index (χ0v) is 33.7. The van der Waals surface area contributed by atoms with E-state index in [0.29, 0.717) is 5.82 Å². The van der Waals surface area contributed by atoms with Crippen molar-refractivity contribution >= 4 is 43.6 Å². The third kappa shape index (κ3) is 6.00. The van der Waals surface area contributed by atoms with Gasteiger partial charge in [0, 0.05) is 55.2 Å². The van der Waals surface area contributed by atoms with Crippen molar-refractivity contribution in [2.75, 3.05) is 0 Å². The van der Waals surface area contributed by atoms with Gasteiger partial charge in [0.05, 0.1) is 33.5 Å². The number of fused-ring (bicyclic) bond motifs is 6. The van der Waals surface area contributed by atoms with E-state index < -0.39 is 0 Å². The standard InChI is InChI=1S/C58H38N4/c1-5-17-40(18-6-1)52-38-53(60-58(59-52)42-19-7-2-8-20-42)41-31-29-39(30-32-41)49-36-44(37-51-48-26-14-16-28-55(48)62(57(49)51)46-23-11-4-12-24-46)43-33-34-56-50(35-43)47-25-13-15-27-54(47)61(56)45-21-9-3-10-22-45/h1-38H. The molecule has 0 radical (unpaired) electrons. The molecule has 0 amide bonds. The number of hydrogen-bond donors (Lipinski definition) is 0. The van der Waals surface area contributed by atoms with Crippen LogP contribution in [0.1, 0.15) is 0 Å². The van der Waals surface area contributed by atoms with Crippen LogP contribution in [0.3, 0.4) is 0 Å². The van der Waals surface area contributed by atoms with Crippen LogP contribution in [0.25, 0.3) is 111 Å². The summed E-state index contributed by atoms with van der Waals surface area (Å²) in [6.07, 6.45) is 0. The number of para-hydroxylation sites is 4. The monoisotopic (exact) mass is 790 g/mol. The van der Waals surface area contributed by atoms with Gasteiger partial charge in [-0.25, -0.2) is 9.97 Å². The molecule has 62 heavy (non-hydrogen) atoms. The number of benzene rings is 9. The lowest BCUT2D eigenvalue weighted by Gasteiger charge is -2.15. The normalized spacial score (nSPS) is 11.5. The first-order valence-electron chi connectivity index (χ1n) is 21.1. The molecule has 0 N–H and O–H groups in total.